The van der Waals surface area contributed by atoms with E-state index in [-0.39, 0.29) is 17.2 Å². The third kappa shape index (κ3) is 4.79. The van der Waals surface area contributed by atoms with Gasteiger partial charge in [-0.2, -0.15) is 0 Å². The fraction of sp³-hybridized carbons (Fsp3) is 0. The smallest absolute Gasteiger partial charge is 0.337 e. The molecule has 152 valence electrons. The van der Waals surface area contributed by atoms with Crippen LogP contribution in [0, 0.1) is 0 Å². The molecule has 0 unspecified atom stereocenters. The number of carboxylic acid groups (broad SMARTS) is 1. The summed E-state index contributed by atoms with van der Waals surface area (Å²) in [5.74, 6) is -0.0462. The van der Waals surface area contributed by atoms with Crippen LogP contribution >= 0.6 is 0 Å². The molecule has 4 aromatic carbocycles. The second-order valence-electron chi connectivity index (χ2n) is 6.83. The molecule has 0 atom stereocenters. The van der Waals surface area contributed by atoms with E-state index in [1.165, 1.54) is 6.07 Å². The van der Waals surface area contributed by atoms with Crippen molar-refractivity contribution in [3.63, 3.8) is 0 Å². The number of carbonyl (C=O) groups is 2. The largest absolute Gasteiger partial charge is 0.478 e. The highest BCUT2D eigenvalue weighted by atomic mass is 16.5. The normalized spacial score (nSPS) is 10.3. The van der Waals surface area contributed by atoms with Crippen LogP contribution in [0.15, 0.2) is 103 Å². The van der Waals surface area contributed by atoms with Gasteiger partial charge in [-0.15, -0.1) is 0 Å². The van der Waals surface area contributed by atoms with E-state index in [9.17, 15) is 14.7 Å². The van der Waals surface area contributed by atoms with Gasteiger partial charge in [0, 0.05) is 5.56 Å². The molecule has 4 rings (SSSR count). The maximum atomic E-state index is 12.5. The maximum absolute atomic E-state index is 12.5. The fourth-order valence-electron chi connectivity index (χ4n) is 3.14. The molecule has 0 heterocycles. The first kappa shape index (κ1) is 19.9. The van der Waals surface area contributed by atoms with Gasteiger partial charge < -0.3 is 15.2 Å². The minimum absolute atomic E-state index is 0.0251. The minimum atomic E-state index is -1.11. The van der Waals surface area contributed by atoms with Crippen LogP contribution in [0.3, 0.4) is 0 Å². The molecular formula is C26H19NO4. The minimum Gasteiger partial charge on any atom is -0.478 e. The predicted octanol–water partition coefficient (Wildman–Crippen LogP) is 6.10. The van der Waals surface area contributed by atoms with Crippen LogP contribution in [-0.4, -0.2) is 17.0 Å². The van der Waals surface area contributed by atoms with Crippen LogP contribution in [0.5, 0.6) is 11.5 Å². The van der Waals surface area contributed by atoms with Gasteiger partial charge in [-0.05, 0) is 59.7 Å². The van der Waals surface area contributed by atoms with Gasteiger partial charge in [0.1, 0.15) is 11.5 Å². The first-order valence-corrected chi connectivity index (χ1v) is 9.67. The summed E-state index contributed by atoms with van der Waals surface area (Å²) in [6.07, 6.45) is 0. The van der Waals surface area contributed by atoms with Crippen LogP contribution in [0.4, 0.5) is 5.69 Å². The Morgan fingerprint density at radius 3 is 1.90 bits per heavy atom. The van der Waals surface area contributed by atoms with Gasteiger partial charge in [0.2, 0.25) is 0 Å². The maximum Gasteiger partial charge on any atom is 0.337 e. The number of amides is 1. The molecule has 0 aromatic heterocycles. The number of benzene rings is 4. The van der Waals surface area contributed by atoms with Crippen molar-refractivity contribution in [3.8, 4) is 22.6 Å². The quantitative estimate of drug-likeness (QED) is 0.404. The number of para-hydroxylation sites is 1. The van der Waals surface area contributed by atoms with Gasteiger partial charge in [-0.3, -0.25) is 4.79 Å². The van der Waals surface area contributed by atoms with Crippen LogP contribution in [0.25, 0.3) is 11.1 Å². The van der Waals surface area contributed by atoms with Crippen molar-refractivity contribution >= 4 is 17.6 Å². The van der Waals surface area contributed by atoms with Crippen molar-refractivity contribution in [2.75, 3.05) is 5.32 Å². The SMILES string of the molecule is O=C(Nc1cc(-c2ccc(Oc3ccccc3)cc2)ccc1C(=O)O)c1ccccc1. The van der Waals surface area contributed by atoms with Crippen LogP contribution in [0.2, 0.25) is 0 Å². The number of ether oxygens (including phenoxy) is 1. The zero-order chi connectivity index (χ0) is 21.6. The number of aromatic carboxylic acids is 1. The van der Waals surface area contributed by atoms with E-state index < -0.39 is 5.97 Å². The van der Waals surface area contributed by atoms with E-state index >= 15 is 0 Å². The Morgan fingerprint density at radius 1 is 0.677 bits per heavy atom. The number of hydrogen-bond donors (Lipinski definition) is 2. The molecule has 0 bridgehead atoms. The molecule has 0 aliphatic heterocycles. The third-order valence-electron chi connectivity index (χ3n) is 4.70. The molecule has 0 aliphatic carbocycles. The lowest BCUT2D eigenvalue weighted by atomic mass is 10.0. The first-order chi connectivity index (χ1) is 15.1. The average molecular weight is 409 g/mol. The molecule has 2 N–H and O–H groups in total. The Labute approximate surface area is 179 Å². The highest BCUT2D eigenvalue weighted by molar-refractivity contribution is 6.08. The number of hydrogen-bond acceptors (Lipinski definition) is 3. The Kier molecular flexibility index (Phi) is 5.76. The van der Waals surface area contributed by atoms with Gasteiger partial charge in [-0.25, -0.2) is 4.79 Å². The number of anilines is 1. The van der Waals surface area contributed by atoms with Crippen LogP contribution in [0.1, 0.15) is 20.7 Å². The monoisotopic (exact) mass is 409 g/mol. The lowest BCUT2D eigenvalue weighted by molar-refractivity contribution is 0.0698. The third-order valence-corrected chi connectivity index (χ3v) is 4.70. The van der Waals surface area contributed by atoms with Crippen molar-refractivity contribution in [2.24, 2.45) is 0 Å². The molecule has 5 nitrogen and oxygen atoms in total. The van der Waals surface area contributed by atoms with Gasteiger partial charge in [0.15, 0.2) is 0 Å². The topological polar surface area (TPSA) is 75.6 Å². The molecule has 0 fully saturated rings. The van der Waals surface area contributed by atoms with Crippen molar-refractivity contribution in [1.29, 1.82) is 0 Å². The van der Waals surface area contributed by atoms with Crippen molar-refractivity contribution < 1.29 is 19.4 Å². The zero-order valence-electron chi connectivity index (χ0n) is 16.5. The Hall–Kier alpha value is -4.38. The van der Waals surface area contributed by atoms with E-state index in [4.69, 9.17) is 4.74 Å². The number of carbonyl (C=O) groups excluding carboxylic acids is 1. The molecule has 0 saturated carbocycles. The second kappa shape index (κ2) is 8.97. The van der Waals surface area contributed by atoms with E-state index in [2.05, 4.69) is 5.32 Å². The van der Waals surface area contributed by atoms with Gasteiger partial charge in [-0.1, -0.05) is 54.6 Å². The lowest BCUT2D eigenvalue weighted by Gasteiger charge is -2.12. The average Bonchev–Trinajstić information content (AvgIpc) is 2.80. The van der Waals surface area contributed by atoms with Crippen LogP contribution < -0.4 is 10.1 Å². The predicted molar refractivity (Wildman–Crippen MR) is 120 cm³/mol. The second-order valence-corrected chi connectivity index (χ2v) is 6.83. The number of carboxylic acids is 1. The fourth-order valence-corrected chi connectivity index (χ4v) is 3.14. The summed E-state index contributed by atoms with van der Waals surface area (Å²) >= 11 is 0. The Balaban J connectivity index is 1.59. The van der Waals surface area contributed by atoms with E-state index in [1.807, 2.05) is 60.7 Å². The summed E-state index contributed by atoms with van der Waals surface area (Å²) in [5.41, 5.74) is 2.36. The molecular weight excluding hydrogens is 390 g/mol. The molecule has 0 spiro atoms. The first-order valence-electron chi connectivity index (χ1n) is 9.67. The zero-order valence-corrected chi connectivity index (χ0v) is 16.5. The molecule has 1 amide bonds. The summed E-state index contributed by atoms with van der Waals surface area (Å²) in [6.45, 7) is 0. The Bertz CT molecular complexity index is 1200. The molecule has 31 heavy (non-hydrogen) atoms. The number of nitrogens with one attached hydrogen (secondary N) is 1. The van der Waals surface area contributed by atoms with E-state index in [0.29, 0.717) is 11.3 Å². The molecule has 0 aliphatic rings. The molecule has 0 saturated heterocycles. The van der Waals surface area contributed by atoms with Gasteiger partial charge >= 0.3 is 5.97 Å². The summed E-state index contributed by atoms with van der Waals surface area (Å²) in [6, 6.07) is 30.5. The molecule has 4 aromatic rings. The van der Waals surface area contributed by atoms with Crippen molar-refractivity contribution in [2.45, 2.75) is 0 Å². The lowest BCUT2D eigenvalue weighted by Crippen LogP contribution is -2.14. The molecule has 0 radical (unpaired) electrons. The van der Waals surface area contributed by atoms with Gasteiger partial charge in [0.25, 0.3) is 5.91 Å². The van der Waals surface area contributed by atoms with Crippen LogP contribution in [-0.2, 0) is 0 Å². The Morgan fingerprint density at radius 2 is 1.26 bits per heavy atom. The van der Waals surface area contributed by atoms with Gasteiger partial charge in [0.05, 0.1) is 11.3 Å². The highest BCUT2D eigenvalue weighted by Crippen LogP contribution is 2.29. The standard InChI is InChI=1S/C26H19NO4/c28-25(19-7-3-1-4-8-19)27-24-17-20(13-16-23(24)26(29)30)18-11-14-22(15-12-18)31-21-9-5-2-6-10-21/h1-17H,(H,27,28)(H,29,30). The summed E-state index contributed by atoms with van der Waals surface area (Å²) < 4.78 is 5.81. The number of rotatable bonds is 6. The van der Waals surface area contributed by atoms with E-state index in [1.54, 1.807) is 36.4 Å². The van der Waals surface area contributed by atoms with Crippen molar-refractivity contribution in [3.05, 3.63) is 114 Å². The summed E-state index contributed by atoms with van der Waals surface area (Å²) in [4.78, 5) is 24.2. The summed E-state index contributed by atoms with van der Waals surface area (Å²) in [5, 5.41) is 12.2. The molecule has 5 heteroatoms. The highest BCUT2D eigenvalue weighted by Gasteiger charge is 2.15. The van der Waals surface area contributed by atoms with Crippen molar-refractivity contribution in [1.82, 2.24) is 0 Å². The summed E-state index contributed by atoms with van der Waals surface area (Å²) in [7, 11) is 0. The van der Waals surface area contributed by atoms with E-state index in [0.717, 1.165) is 16.9 Å².